The maximum Gasteiger partial charge on any atom is 0.137 e. The fourth-order valence-electron chi connectivity index (χ4n) is 3.17. The highest BCUT2D eigenvalue weighted by Crippen LogP contribution is 2.24. The molecular formula is C24H28N2O5. The Hall–Kier alpha value is -2.97. The maximum absolute atomic E-state index is 9.83. The number of hydrogen-bond acceptors (Lipinski definition) is 6. The molecule has 1 heterocycles. The maximum atomic E-state index is 9.83. The first kappa shape index (κ1) is 22.7. The van der Waals surface area contributed by atoms with Crippen LogP contribution in [-0.4, -0.2) is 55.9 Å². The molecule has 7 nitrogen and oxygen atoms in total. The van der Waals surface area contributed by atoms with Crippen molar-refractivity contribution >= 4 is 6.08 Å². The van der Waals surface area contributed by atoms with Gasteiger partial charge in [-0.25, -0.2) is 4.98 Å². The van der Waals surface area contributed by atoms with Gasteiger partial charge in [-0.3, -0.25) is 0 Å². The number of imidazole rings is 1. The molecule has 0 saturated heterocycles. The van der Waals surface area contributed by atoms with Crippen LogP contribution in [0.3, 0.4) is 0 Å². The third-order valence-electron chi connectivity index (χ3n) is 4.88. The quantitative estimate of drug-likeness (QED) is 0.398. The summed E-state index contributed by atoms with van der Waals surface area (Å²) in [6.07, 6.45) is 5.56. The Morgan fingerprint density at radius 1 is 0.968 bits per heavy atom. The Morgan fingerprint density at radius 3 is 2.19 bits per heavy atom. The second-order valence-corrected chi connectivity index (χ2v) is 7.27. The molecule has 3 aromatic rings. The number of benzene rings is 2. The van der Waals surface area contributed by atoms with Crippen molar-refractivity contribution in [3.63, 3.8) is 0 Å². The van der Waals surface area contributed by atoms with Crippen molar-refractivity contribution in [1.29, 1.82) is 0 Å². The molecule has 3 atom stereocenters. The molecule has 7 heteroatoms. The topological polar surface area (TPSA) is 108 Å². The van der Waals surface area contributed by atoms with Crippen LogP contribution in [0.5, 0.6) is 5.75 Å². The Bertz CT molecular complexity index is 964. The molecule has 2 aromatic carbocycles. The minimum absolute atomic E-state index is 0.0451. The van der Waals surface area contributed by atoms with E-state index in [-0.39, 0.29) is 25.9 Å². The number of aliphatic hydroxyl groups is 4. The van der Waals surface area contributed by atoms with Crippen LogP contribution in [0.4, 0.5) is 0 Å². The minimum Gasteiger partial charge on any atom is -0.491 e. The predicted octanol–water partition coefficient (Wildman–Crippen LogP) is 2.58. The number of aromatic nitrogens is 2. The van der Waals surface area contributed by atoms with Gasteiger partial charge in [0.2, 0.25) is 0 Å². The lowest BCUT2D eigenvalue weighted by atomic mass is 10.0. The van der Waals surface area contributed by atoms with E-state index in [1.54, 1.807) is 23.9 Å². The first-order chi connectivity index (χ1) is 15.0. The van der Waals surface area contributed by atoms with Gasteiger partial charge in [-0.2, -0.15) is 0 Å². The van der Waals surface area contributed by atoms with Crippen LogP contribution in [0.2, 0.25) is 0 Å². The number of rotatable bonds is 10. The van der Waals surface area contributed by atoms with Crippen molar-refractivity contribution in [2.24, 2.45) is 0 Å². The molecule has 3 rings (SSSR count). The lowest BCUT2D eigenvalue weighted by Crippen LogP contribution is -2.21. The molecule has 0 aliphatic rings. The highest BCUT2D eigenvalue weighted by Gasteiger charge is 2.14. The van der Waals surface area contributed by atoms with Gasteiger partial charge >= 0.3 is 0 Å². The van der Waals surface area contributed by atoms with Crippen molar-refractivity contribution in [2.75, 3.05) is 19.8 Å². The lowest BCUT2D eigenvalue weighted by molar-refractivity contribution is 0.0536. The van der Waals surface area contributed by atoms with E-state index in [4.69, 9.17) is 9.84 Å². The van der Waals surface area contributed by atoms with E-state index in [0.717, 1.165) is 16.7 Å². The predicted molar refractivity (Wildman–Crippen MR) is 118 cm³/mol. The van der Waals surface area contributed by atoms with E-state index in [0.29, 0.717) is 11.6 Å². The fraction of sp³-hybridized carbons (Fsp3) is 0.292. The van der Waals surface area contributed by atoms with Gasteiger partial charge in [0.25, 0.3) is 0 Å². The normalized spacial score (nSPS) is 14.5. The molecule has 0 spiro atoms. The van der Waals surface area contributed by atoms with Gasteiger partial charge in [-0.15, -0.1) is 0 Å². The Morgan fingerprint density at radius 2 is 1.61 bits per heavy atom. The van der Waals surface area contributed by atoms with E-state index in [9.17, 15) is 15.3 Å². The molecule has 164 valence electrons. The fourth-order valence-corrected chi connectivity index (χ4v) is 3.17. The Balaban J connectivity index is 1.66. The van der Waals surface area contributed by atoms with Crippen molar-refractivity contribution in [2.45, 2.75) is 25.2 Å². The first-order valence-electron chi connectivity index (χ1n) is 10.1. The summed E-state index contributed by atoms with van der Waals surface area (Å²) in [5.74, 6) is 1.14. The van der Waals surface area contributed by atoms with Gasteiger partial charge in [0, 0.05) is 12.4 Å². The number of nitrogens with zero attached hydrogens (tertiary/aromatic N) is 2. The molecule has 0 aliphatic heterocycles. The molecule has 31 heavy (non-hydrogen) atoms. The second kappa shape index (κ2) is 10.9. The lowest BCUT2D eigenvalue weighted by Gasteiger charge is -2.16. The molecule has 0 amide bonds. The first-order valence-corrected chi connectivity index (χ1v) is 10.1. The minimum atomic E-state index is -0.891. The van der Waals surface area contributed by atoms with Gasteiger partial charge in [-0.1, -0.05) is 48.6 Å². The summed E-state index contributed by atoms with van der Waals surface area (Å²) in [5, 5.41) is 37.8. The van der Waals surface area contributed by atoms with Crippen LogP contribution in [0.1, 0.15) is 30.5 Å². The largest absolute Gasteiger partial charge is 0.491 e. The second-order valence-electron chi connectivity index (χ2n) is 7.27. The molecule has 4 N–H and O–H groups in total. The summed E-state index contributed by atoms with van der Waals surface area (Å²) in [7, 11) is 0. The van der Waals surface area contributed by atoms with Crippen LogP contribution in [-0.2, 0) is 0 Å². The van der Waals surface area contributed by atoms with Crippen molar-refractivity contribution in [1.82, 2.24) is 9.55 Å². The van der Waals surface area contributed by atoms with E-state index in [2.05, 4.69) is 4.98 Å². The Labute approximate surface area is 181 Å². The third kappa shape index (κ3) is 6.02. The summed E-state index contributed by atoms with van der Waals surface area (Å²) in [5.41, 5.74) is 3.06. The SMILES string of the molecule is CC(O)c1nccn1C(/C=C/c1ccc(-c2ccc(OCC(O)CO)cc2)cc1)CO. The number of hydrogen-bond donors (Lipinski definition) is 4. The third-order valence-corrected chi connectivity index (χ3v) is 4.88. The number of ether oxygens (including phenoxy) is 1. The van der Waals surface area contributed by atoms with Gasteiger partial charge in [0.15, 0.2) is 0 Å². The van der Waals surface area contributed by atoms with Gasteiger partial charge < -0.3 is 29.7 Å². The van der Waals surface area contributed by atoms with Crippen LogP contribution in [0, 0.1) is 0 Å². The van der Waals surface area contributed by atoms with E-state index < -0.39 is 12.2 Å². The zero-order valence-corrected chi connectivity index (χ0v) is 17.4. The average Bonchev–Trinajstić information content (AvgIpc) is 3.29. The van der Waals surface area contributed by atoms with Crippen molar-refractivity contribution in [3.8, 4) is 16.9 Å². The van der Waals surface area contributed by atoms with E-state index in [1.165, 1.54) is 0 Å². The molecule has 0 fully saturated rings. The molecule has 3 unspecified atom stereocenters. The number of aliphatic hydroxyl groups excluding tert-OH is 4. The highest BCUT2D eigenvalue weighted by atomic mass is 16.5. The highest BCUT2D eigenvalue weighted by molar-refractivity contribution is 5.66. The molecule has 0 saturated carbocycles. The smallest absolute Gasteiger partial charge is 0.137 e. The zero-order valence-electron chi connectivity index (χ0n) is 17.4. The zero-order chi connectivity index (χ0) is 22.2. The van der Waals surface area contributed by atoms with E-state index in [1.807, 2.05) is 60.7 Å². The average molecular weight is 424 g/mol. The van der Waals surface area contributed by atoms with E-state index >= 15 is 0 Å². The van der Waals surface area contributed by atoms with Gasteiger partial charge in [0.1, 0.15) is 30.4 Å². The molecule has 0 aliphatic carbocycles. The summed E-state index contributed by atoms with van der Waals surface area (Å²) in [6.45, 7) is 1.26. The summed E-state index contributed by atoms with van der Waals surface area (Å²) in [6, 6.07) is 15.2. The standard InChI is InChI=1S/C24H28N2O5/c1-17(29)24-25-12-13-26(24)21(14-27)9-4-18-2-5-19(6-3-18)20-7-10-23(11-8-20)31-16-22(30)15-28/h2-13,17,21-22,27-30H,14-16H2,1H3/b9-4+. The Kier molecular flexibility index (Phi) is 7.97. The van der Waals surface area contributed by atoms with Gasteiger partial charge in [-0.05, 0) is 35.7 Å². The summed E-state index contributed by atoms with van der Waals surface area (Å²) < 4.78 is 7.19. The monoisotopic (exact) mass is 424 g/mol. The molecular weight excluding hydrogens is 396 g/mol. The van der Waals surface area contributed by atoms with Crippen LogP contribution in [0.15, 0.2) is 67.0 Å². The van der Waals surface area contributed by atoms with Crippen LogP contribution in [0.25, 0.3) is 17.2 Å². The van der Waals surface area contributed by atoms with Crippen molar-refractivity contribution in [3.05, 3.63) is 78.4 Å². The summed E-state index contributed by atoms with van der Waals surface area (Å²) >= 11 is 0. The molecule has 0 radical (unpaired) electrons. The molecule has 0 bridgehead atoms. The summed E-state index contributed by atoms with van der Waals surface area (Å²) in [4.78, 5) is 4.15. The van der Waals surface area contributed by atoms with Gasteiger partial charge in [0.05, 0.1) is 19.3 Å². The molecule has 1 aromatic heterocycles. The van der Waals surface area contributed by atoms with Crippen LogP contribution >= 0.6 is 0 Å². The van der Waals surface area contributed by atoms with Crippen molar-refractivity contribution < 1.29 is 25.2 Å². The van der Waals surface area contributed by atoms with Crippen LogP contribution < -0.4 is 4.74 Å².